The van der Waals surface area contributed by atoms with Crippen LogP contribution in [0.5, 0.6) is 0 Å². The van der Waals surface area contributed by atoms with E-state index in [1.165, 1.54) is 50.9 Å². The van der Waals surface area contributed by atoms with Gasteiger partial charge in [-0.05, 0) is 51.6 Å². The zero-order valence-corrected chi connectivity index (χ0v) is 17.3. The number of nitrogens with zero attached hydrogens (tertiary/aromatic N) is 3. The average Bonchev–Trinajstić information content (AvgIpc) is 3.13. The maximum Gasteiger partial charge on any atom is 0.191 e. The van der Waals surface area contributed by atoms with Crippen molar-refractivity contribution < 1.29 is 0 Å². The summed E-state index contributed by atoms with van der Waals surface area (Å²) in [6.45, 7) is 10.2. The Bertz CT molecular complexity index is 578. The predicted octanol–water partition coefficient (Wildman–Crippen LogP) is 2.69. The first-order chi connectivity index (χ1) is 13.2. The monoisotopic (exact) mass is 371 g/mol. The maximum atomic E-state index is 4.47. The summed E-state index contributed by atoms with van der Waals surface area (Å²) in [5, 5.41) is 7.24. The second kappa shape index (κ2) is 10.1. The van der Waals surface area contributed by atoms with Gasteiger partial charge in [-0.3, -0.25) is 9.89 Å². The molecule has 0 aliphatic carbocycles. The quantitative estimate of drug-likeness (QED) is 0.596. The summed E-state index contributed by atoms with van der Waals surface area (Å²) in [4.78, 5) is 9.64. The number of piperidine rings is 1. The number of rotatable bonds is 6. The average molecular weight is 372 g/mol. The molecular weight excluding hydrogens is 334 g/mol. The van der Waals surface area contributed by atoms with E-state index in [0.717, 1.165) is 19.0 Å². The second-order valence-electron chi connectivity index (χ2n) is 8.25. The molecule has 1 aromatic rings. The molecule has 0 amide bonds. The van der Waals surface area contributed by atoms with E-state index in [1.807, 2.05) is 7.05 Å². The molecule has 1 unspecified atom stereocenters. The summed E-state index contributed by atoms with van der Waals surface area (Å²) in [6.07, 6.45) is 4.95. The molecule has 1 aromatic carbocycles. The van der Waals surface area contributed by atoms with Crippen molar-refractivity contribution in [1.29, 1.82) is 0 Å². The Morgan fingerprint density at radius 1 is 1.11 bits per heavy atom. The molecule has 3 rings (SSSR count). The van der Waals surface area contributed by atoms with Gasteiger partial charge in [0.1, 0.15) is 0 Å². The number of hydrogen-bond donors (Lipinski definition) is 2. The highest BCUT2D eigenvalue weighted by Gasteiger charge is 2.25. The van der Waals surface area contributed by atoms with Crippen molar-refractivity contribution in [2.45, 2.75) is 64.2 Å². The molecule has 0 bridgehead atoms. The second-order valence-corrected chi connectivity index (χ2v) is 8.25. The van der Waals surface area contributed by atoms with Crippen LogP contribution in [0.3, 0.4) is 0 Å². The van der Waals surface area contributed by atoms with Crippen LogP contribution in [-0.2, 0) is 6.54 Å². The lowest BCUT2D eigenvalue weighted by molar-refractivity contribution is 0.167. The first kappa shape index (κ1) is 20.2. The fraction of sp³-hybridized carbons (Fsp3) is 0.682. The molecule has 2 fully saturated rings. The molecule has 0 saturated carbocycles. The van der Waals surface area contributed by atoms with Crippen molar-refractivity contribution >= 4 is 5.96 Å². The van der Waals surface area contributed by atoms with Gasteiger partial charge < -0.3 is 15.5 Å². The van der Waals surface area contributed by atoms with Crippen molar-refractivity contribution in [3.05, 3.63) is 35.9 Å². The van der Waals surface area contributed by atoms with Gasteiger partial charge in [-0.1, -0.05) is 30.3 Å². The first-order valence-electron chi connectivity index (χ1n) is 10.6. The largest absolute Gasteiger partial charge is 0.355 e. The van der Waals surface area contributed by atoms with Gasteiger partial charge in [0.25, 0.3) is 0 Å². The van der Waals surface area contributed by atoms with Crippen LogP contribution in [0.1, 0.15) is 45.1 Å². The van der Waals surface area contributed by atoms with Crippen molar-refractivity contribution in [3.8, 4) is 0 Å². The highest BCUT2D eigenvalue weighted by Crippen LogP contribution is 2.19. The van der Waals surface area contributed by atoms with Crippen LogP contribution in [0.15, 0.2) is 35.3 Å². The summed E-state index contributed by atoms with van der Waals surface area (Å²) in [5.74, 6) is 0.963. The molecule has 2 N–H and O–H groups in total. The van der Waals surface area contributed by atoms with Gasteiger partial charge >= 0.3 is 0 Å². The number of hydrogen-bond acceptors (Lipinski definition) is 3. The molecule has 0 radical (unpaired) electrons. The molecule has 5 heteroatoms. The standard InChI is InChI=1S/C22H37N5/c1-18(2)26-14-11-20(12-15-26)25-22(23-3)24-16-21-10-7-13-27(21)17-19-8-5-4-6-9-19/h4-6,8-9,18,20-21H,7,10-17H2,1-3H3,(H2,23,24,25). The van der Waals surface area contributed by atoms with Crippen LogP contribution in [0, 0.1) is 0 Å². The van der Waals surface area contributed by atoms with E-state index in [0.29, 0.717) is 18.1 Å². The lowest BCUT2D eigenvalue weighted by atomic mass is 10.0. The Kier molecular flexibility index (Phi) is 7.53. The van der Waals surface area contributed by atoms with Crippen LogP contribution in [-0.4, -0.2) is 67.1 Å². The summed E-state index contributed by atoms with van der Waals surface area (Å²) < 4.78 is 0. The van der Waals surface area contributed by atoms with E-state index in [1.54, 1.807) is 0 Å². The number of nitrogens with one attached hydrogen (secondary N) is 2. The van der Waals surface area contributed by atoms with Crippen LogP contribution in [0.4, 0.5) is 0 Å². The Labute approximate surface area is 165 Å². The molecule has 0 spiro atoms. The van der Waals surface area contributed by atoms with E-state index in [-0.39, 0.29) is 0 Å². The van der Waals surface area contributed by atoms with E-state index in [4.69, 9.17) is 0 Å². The fourth-order valence-corrected chi connectivity index (χ4v) is 4.32. The fourth-order valence-electron chi connectivity index (χ4n) is 4.32. The molecule has 5 nitrogen and oxygen atoms in total. The lowest BCUT2D eigenvalue weighted by Gasteiger charge is -2.35. The minimum absolute atomic E-state index is 0.537. The minimum atomic E-state index is 0.537. The molecule has 0 aromatic heterocycles. The number of benzene rings is 1. The van der Waals surface area contributed by atoms with Gasteiger partial charge in [-0.15, -0.1) is 0 Å². The van der Waals surface area contributed by atoms with Gasteiger partial charge in [-0.25, -0.2) is 0 Å². The number of likely N-dealkylation sites (tertiary alicyclic amines) is 2. The van der Waals surface area contributed by atoms with Gasteiger partial charge in [0, 0.05) is 51.4 Å². The van der Waals surface area contributed by atoms with Gasteiger partial charge in [0.05, 0.1) is 0 Å². The van der Waals surface area contributed by atoms with E-state index < -0.39 is 0 Å². The Balaban J connectivity index is 1.43. The highest BCUT2D eigenvalue weighted by molar-refractivity contribution is 5.80. The van der Waals surface area contributed by atoms with Crippen LogP contribution >= 0.6 is 0 Å². The summed E-state index contributed by atoms with van der Waals surface area (Å²) >= 11 is 0. The Morgan fingerprint density at radius 3 is 2.52 bits per heavy atom. The summed E-state index contributed by atoms with van der Waals surface area (Å²) in [7, 11) is 1.88. The molecular formula is C22H37N5. The molecule has 27 heavy (non-hydrogen) atoms. The topological polar surface area (TPSA) is 42.9 Å². The van der Waals surface area contributed by atoms with Crippen molar-refractivity contribution in [3.63, 3.8) is 0 Å². The van der Waals surface area contributed by atoms with E-state index in [9.17, 15) is 0 Å². The van der Waals surface area contributed by atoms with Crippen molar-refractivity contribution in [2.75, 3.05) is 33.2 Å². The predicted molar refractivity (Wildman–Crippen MR) is 114 cm³/mol. The number of guanidine groups is 1. The third-order valence-corrected chi connectivity index (χ3v) is 6.06. The molecule has 2 saturated heterocycles. The normalized spacial score (nSPS) is 23.1. The zero-order chi connectivity index (χ0) is 19.1. The van der Waals surface area contributed by atoms with Crippen LogP contribution in [0.25, 0.3) is 0 Å². The SMILES string of the molecule is CN=C(NCC1CCCN1Cc1ccccc1)NC1CCN(C(C)C)CC1. The molecule has 150 valence electrons. The van der Waals surface area contributed by atoms with Crippen molar-refractivity contribution in [2.24, 2.45) is 4.99 Å². The smallest absolute Gasteiger partial charge is 0.191 e. The lowest BCUT2D eigenvalue weighted by Crippen LogP contribution is -2.51. The Morgan fingerprint density at radius 2 is 1.85 bits per heavy atom. The van der Waals surface area contributed by atoms with Crippen LogP contribution in [0.2, 0.25) is 0 Å². The number of aliphatic imine (C=N–C) groups is 1. The zero-order valence-electron chi connectivity index (χ0n) is 17.3. The molecule has 1 atom stereocenters. The maximum absolute atomic E-state index is 4.47. The Hall–Kier alpha value is -1.59. The molecule has 2 aliphatic rings. The van der Waals surface area contributed by atoms with E-state index >= 15 is 0 Å². The van der Waals surface area contributed by atoms with Crippen LogP contribution < -0.4 is 10.6 Å². The van der Waals surface area contributed by atoms with Crippen molar-refractivity contribution in [1.82, 2.24) is 20.4 Å². The van der Waals surface area contributed by atoms with Gasteiger partial charge in [-0.2, -0.15) is 0 Å². The molecule has 2 heterocycles. The third kappa shape index (κ3) is 5.94. The minimum Gasteiger partial charge on any atom is -0.355 e. The summed E-state index contributed by atoms with van der Waals surface area (Å²) in [5.41, 5.74) is 1.41. The highest BCUT2D eigenvalue weighted by atomic mass is 15.2. The summed E-state index contributed by atoms with van der Waals surface area (Å²) in [6, 6.07) is 12.6. The van der Waals surface area contributed by atoms with Gasteiger partial charge in [0.2, 0.25) is 0 Å². The molecule has 2 aliphatic heterocycles. The third-order valence-electron chi connectivity index (χ3n) is 6.06. The van der Waals surface area contributed by atoms with Gasteiger partial charge in [0.15, 0.2) is 5.96 Å². The first-order valence-corrected chi connectivity index (χ1v) is 10.6. The van der Waals surface area contributed by atoms with E-state index in [2.05, 4.69) is 69.6 Å².